The number of hydrogen-bond donors (Lipinski definition) is 3. The molecule has 0 amide bonds. The fraction of sp³-hybridized carbons (Fsp3) is 0.393. The maximum Gasteiger partial charge on any atom is 0.459 e. The summed E-state index contributed by atoms with van der Waals surface area (Å²) in [6.45, 7) is 4.89. The zero-order valence-corrected chi connectivity index (χ0v) is 25.7. The highest BCUT2D eigenvalue weighted by atomic mass is 79.9. The molecule has 4 rings (SSSR count). The van der Waals surface area contributed by atoms with E-state index in [2.05, 4.69) is 26.0 Å². The van der Waals surface area contributed by atoms with Gasteiger partial charge in [0.1, 0.15) is 24.1 Å². The van der Waals surface area contributed by atoms with Crippen molar-refractivity contribution in [3.8, 4) is 5.75 Å². The maximum atomic E-state index is 14.3. The van der Waals surface area contributed by atoms with Crippen molar-refractivity contribution in [3.05, 3.63) is 80.0 Å². The van der Waals surface area contributed by atoms with E-state index in [1.807, 2.05) is 24.3 Å². The number of rotatable bonds is 12. The van der Waals surface area contributed by atoms with E-state index in [0.717, 1.165) is 9.95 Å². The number of carbonyl (C=O) groups is 1. The minimum atomic E-state index is -4.31. The van der Waals surface area contributed by atoms with E-state index in [-0.39, 0.29) is 30.3 Å². The summed E-state index contributed by atoms with van der Waals surface area (Å²) in [5.74, 6) is -0.709. The first-order chi connectivity index (χ1) is 20.0. The SMILES string of the molecule is CCOC(=O)[C@@H](NP(=O)(OC[C@H]1O[C@@H](n2cc(/C=C/Br)c(=O)[nH]c2=O)C[C@@H]1O)Oc1cccc2ccccc12)C(C)C. The van der Waals surface area contributed by atoms with Gasteiger partial charge in [0.25, 0.3) is 5.56 Å². The van der Waals surface area contributed by atoms with Gasteiger partial charge in [0, 0.05) is 18.0 Å². The summed E-state index contributed by atoms with van der Waals surface area (Å²) in [4.78, 5) is 41.0. The first kappa shape index (κ1) is 31.9. The predicted molar refractivity (Wildman–Crippen MR) is 160 cm³/mol. The molecule has 3 aromatic rings. The Morgan fingerprint density at radius 1 is 1.26 bits per heavy atom. The van der Waals surface area contributed by atoms with Crippen LogP contribution < -0.4 is 20.9 Å². The molecule has 0 radical (unpaired) electrons. The highest BCUT2D eigenvalue weighted by Crippen LogP contribution is 2.48. The molecular weight excluding hydrogens is 633 g/mol. The van der Waals surface area contributed by atoms with Crippen molar-refractivity contribution in [2.45, 2.75) is 51.7 Å². The van der Waals surface area contributed by atoms with Crippen LogP contribution in [0.4, 0.5) is 0 Å². The van der Waals surface area contributed by atoms with Gasteiger partial charge in [-0.3, -0.25) is 23.7 Å². The number of aromatic amines is 1. The summed E-state index contributed by atoms with van der Waals surface area (Å²) in [6.07, 6.45) is -0.285. The van der Waals surface area contributed by atoms with Crippen LogP contribution in [0.5, 0.6) is 5.75 Å². The molecule has 2 heterocycles. The number of fused-ring (bicyclic) bond motifs is 1. The third-order valence-corrected chi connectivity index (χ3v) is 8.42. The molecule has 1 saturated heterocycles. The van der Waals surface area contributed by atoms with Crippen molar-refractivity contribution >= 4 is 46.5 Å². The van der Waals surface area contributed by atoms with Crippen LogP contribution in [0.3, 0.4) is 0 Å². The number of halogens is 1. The molecule has 14 heteroatoms. The molecule has 1 fully saturated rings. The molecule has 226 valence electrons. The normalized spacial score (nSPS) is 21.0. The summed E-state index contributed by atoms with van der Waals surface area (Å²) in [5, 5.41) is 15.0. The van der Waals surface area contributed by atoms with Gasteiger partial charge in [-0.15, -0.1) is 0 Å². The third-order valence-electron chi connectivity index (χ3n) is 6.63. The van der Waals surface area contributed by atoms with Crippen molar-refractivity contribution in [2.24, 2.45) is 5.92 Å². The minimum absolute atomic E-state index is 0.00318. The molecule has 1 unspecified atom stereocenters. The molecular formula is C28H33BrN3O9P. The van der Waals surface area contributed by atoms with Gasteiger partial charge in [-0.1, -0.05) is 66.2 Å². The number of aliphatic hydroxyl groups is 1. The van der Waals surface area contributed by atoms with Gasteiger partial charge in [0.2, 0.25) is 0 Å². The maximum absolute atomic E-state index is 14.3. The number of nitrogens with one attached hydrogen (secondary N) is 2. The van der Waals surface area contributed by atoms with Crippen molar-refractivity contribution in [2.75, 3.05) is 13.2 Å². The lowest BCUT2D eigenvalue weighted by Gasteiger charge is -2.28. The Labute approximate surface area is 250 Å². The van der Waals surface area contributed by atoms with Gasteiger partial charge in [0.05, 0.1) is 24.9 Å². The van der Waals surface area contributed by atoms with Crippen molar-refractivity contribution < 1.29 is 33.0 Å². The lowest BCUT2D eigenvalue weighted by atomic mass is 10.1. The van der Waals surface area contributed by atoms with Crippen LogP contribution in [-0.4, -0.2) is 52.1 Å². The van der Waals surface area contributed by atoms with E-state index >= 15 is 0 Å². The Hall–Kier alpha value is -3.06. The van der Waals surface area contributed by atoms with E-state index in [4.69, 9.17) is 18.5 Å². The van der Waals surface area contributed by atoms with Crippen LogP contribution in [0, 0.1) is 5.92 Å². The highest BCUT2D eigenvalue weighted by Gasteiger charge is 2.41. The third kappa shape index (κ3) is 7.47. The Morgan fingerprint density at radius 2 is 2.00 bits per heavy atom. The van der Waals surface area contributed by atoms with Crippen LogP contribution in [-0.2, 0) is 23.4 Å². The Bertz CT molecular complexity index is 1600. The fourth-order valence-corrected chi connectivity index (χ4v) is 6.45. The number of hydrogen-bond acceptors (Lipinski definition) is 9. The summed E-state index contributed by atoms with van der Waals surface area (Å²) in [6, 6.07) is 11.6. The number of benzene rings is 2. The minimum Gasteiger partial charge on any atom is -0.465 e. The number of esters is 1. The molecule has 1 aliphatic heterocycles. The van der Waals surface area contributed by atoms with Gasteiger partial charge < -0.3 is 19.1 Å². The number of aromatic nitrogens is 2. The smallest absolute Gasteiger partial charge is 0.459 e. The van der Waals surface area contributed by atoms with Crippen LogP contribution in [0.2, 0.25) is 0 Å². The van der Waals surface area contributed by atoms with E-state index in [0.29, 0.717) is 5.39 Å². The predicted octanol–water partition coefficient (Wildman–Crippen LogP) is 4.08. The quantitative estimate of drug-likeness (QED) is 0.190. The van der Waals surface area contributed by atoms with Crippen LogP contribution >= 0.6 is 23.7 Å². The Balaban J connectivity index is 1.59. The summed E-state index contributed by atoms with van der Waals surface area (Å²) >= 11 is 3.10. The first-order valence-electron chi connectivity index (χ1n) is 13.4. The number of aliphatic hydroxyl groups excluding tert-OH is 1. The van der Waals surface area contributed by atoms with Crippen molar-refractivity contribution in [1.82, 2.24) is 14.6 Å². The van der Waals surface area contributed by atoms with E-state index in [1.165, 1.54) is 17.3 Å². The van der Waals surface area contributed by atoms with Crippen LogP contribution in [0.1, 0.15) is 39.0 Å². The van der Waals surface area contributed by atoms with E-state index in [1.54, 1.807) is 39.0 Å². The van der Waals surface area contributed by atoms with Crippen LogP contribution in [0.25, 0.3) is 16.8 Å². The van der Waals surface area contributed by atoms with E-state index < -0.39 is 56.0 Å². The average molecular weight is 666 g/mol. The van der Waals surface area contributed by atoms with Gasteiger partial charge in [0.15, 0.2) is 0 Å². The molecule has 0 saturated carbocycles. The second-order valence-electron chi connectivity index (χ2n) is 9.94. The number of carbonyl (C=O) groups excluding carboxylic acids is 1. The topological polar surface area (TPSA) is 158 Å². The number of ether oxygens (including phenoxy) is 2. The monoisotopic (exact) mass is 665 g/mol. The van der Waals surface area contributed by atoms with Gasteiger partial charge >= 0.3 is 19.4 Å². The second kappa shape index (κ2) is 13.9. The number of H-pyrrole nitrogens is 1. The summed E-state index contributed by atoms with van der Waals surface area (Å²) in [5.41, 5.74) is -1.10. The molecule has 0 aliphatic carbocycles. The zero-order valence-electron chi connectivity index (χ0n) is 23.3. The highest BCUT2D eigenvalue weighted by molar-refractivity contribution is 9.11. The van der Waals surface area contributed by atoms with Crippen molar-refractivity contribution in [1.29, 1.82) is 0 Å². The lowest BCUT2D eigenvalue weighted by molar-refractivity contribution is -0.146. The molecule has 12 nitrogen and oxygen atoms in total. The Morgan fingerprint density at radius 3 is 2.71 bits per heavy atom. The standard InChI is InChI=1S/C28H33BrN3O9P/c1-4-38-27(35)25(17(2)3)31-42(37,41-22-11-7-9-18-8-5-6-10-20(18)22)39-16-23-21(33)14-24(40-23)32-15-19(12-13-29)26(34)30-28(32)36/h5-13,15,17,21,23-25,33H,4,14,16H2,1-3H3,(H,31,37)(H,30,34,36)/b13-12+/t21-,23+,24+,25-,42?/m0/s1. The summed E-state index contributed by atoms with van der Waals surface area (Å²) < 4.78 is 38.3. The number of nitrogens with zero attached hydrogens (tertiary/aromatic N) is 1. The van der Waals surface area contributed by atoms with Crippen LogP contribution in [0.15, 0.2) is 63.2 Å². The molecule has 0 spiro atoms. The molecule has 0 bridgehead atoms. The molecule has 42 heavy (non-hydrogen) atoms. The van der Waals surface area contributed by atoms with Gasteiger partial charge in [-0.2, -0.15) is 5.09 Å². The molecule has 1 aliphatic rings. The largest absolute Gasteiger partial charge is 0.465 e. The average Bonchev–Trinajstić information content (AvgIpc) is 3.32. The van der Waals surface area contributed by atoms with E-state index in [9.17, 15) is 24.1 Å². The molecule has 3 N–H and O–H groups in total. The zero-order chi connectivity index (χ0) is 30.4. The molecule has 2 aromatic carbocycles. The fourth-order valence-electron chi connectivity index (χ4n) is 4.48. The lowest BCUT2D eigenvalue weighted by Crippen LogP contribution is -2.42. The Kier molecular flexibility index (Phi) is 10.6. The van der Waals surface area contributed by atoms with Gasteiger partial charge in [-0.05, 0) is 35.4 Å². The molecule has 1 aromatic heterocycles. The molecule has 5 atom stereocenters. The van der Waals surface area contributed by atoms with Crippen molar-refractivity contribution in [3.63, 3.8) is 0 Å². The van der Waals surface area contributed by atoms with Gasteiger partial charge in [-0.25, -0.2) is 9.36 Å². The first-order valence-corrected chi connectivity index (χ1v) is 15.8. The second-order valence-corrected chi connectivity index (χ2v) is 12.2. The summed E-state index contributed by atoms with van der Waals surface area (Å²) in [7, 11) is -4.31.